The minimum Gasteiger partial charge on any atom is -0.353 e. The summed E-state index contributed by atoms with van der Waals surface area (Å²) < 4.78 is 5.09. The first-order valence-electron chi connectivity index (χ1n) is 9.58. The predicted molar refractivity (Wildman–Crippen MR) is 94.3 cm³/mol. The molecular formula is C19H29N3O3. The van der Waals surface area contributed by atoms with Gasteiger partial charge in [0.15, 0.2) is 5.78 Å². The first kappa shape index (κ1) is 18.1. The van der Waals surface area contributed by atoms with Gasteiger partial charge < -0.3 is 15.2 Å². The molecule has 2 heterocycles. The van der Waals surface area contributed by atoms with E-state index in [2.05, 4.69) is 15.8 Å². The number of amides is 1. The van der Waals surface area contributed by atoms with Crippen molar-refractivity contribution in [2.75, 3.05) is 13.1 Å². The smallest absolute Gasteiger partial charge is 0.220 e. The number of carbonyl (C=O) groups excluding carboxylic acids is 2. The zero-order valence-electron chi connectivity index (χ0n) is 15.1. The summed E-state index contributed by atoms with van der Waals surface area (Å²) >= 11 is 0. The van der Waals surface area contributed by atoms with Crippen molar-refractivity contribution >= 4 is 11.7 Å². The highest BCUT2D eigenvalue weighted by molar-refractivity contribution is 5.91. The molecule has 0 aromatic carbocycles. The first-order valence-corrected chi connectivity index (χ1v) is 9.58. The van der Waals surface area contributed by atoms with Gasteiger partial charge in [-0.25, -0.2) is 0 Å². The molecule has 1 amide bonds. The molecule has 138 valence electrons. The molecule has 1 saturated carbocycles. The zero-order valence-corrected chi connectivity index (χ0v) is 15.1. The highest BCUT2D eigenvalue weighted by atomic mass is 16.5. The first-order chi connectivity index (χ1) is 12.1. The quantitative estimate of drug-likeness (QED) is 0.772. The average molecular weight is 347 g/mol. The van der Waals surface area contributed by atoms with Crippen LogP contribution in [0.4, 0.5) is 0 Å². The summed E-state index contributed by atoms with van der Waals surface area (Å²) in [7, 11) is 0. The minimum atomic E-state index is -0.107. The van der Waals surface area contributed by atoms with Gasteiger partial charge in [-0.1, -0.05) is 24.4 Å². The van der Waals surface area contributed by atoms with Gasteiger partial charge in [-0.05, 0) is 50.6 Å². The molecule has 2 unspecified atom stereocenters. The Morgan fingerprint density at radius 3 is 2.76 bits per heavy atom. The summed E-state index contributed by atoms with van der Waals surface area (Å²) in [5.41, 5.74) is 0.802. The summed E-state index contributed by atoms with van der Waals surface area (Å²) in [6.45, 7) is 3.31. The standard InChI is InChI=1S/C19H29N3O3/c1-13(23)18-11-17(22-25-18)9-15-12-20-8-7-14(15)10-19(24)21-16-5-3-2-4-6-16/h11,14-16,20H,2-10,12H2,1H3,(H,21,24). The molecule has 1 aliphatic carbocycles. The van der Waals surface area contributed by atoms with Crippen molar-refractivity contribution in [3.63, 3.8) is 0 Å². The summed E-state index contributed by atoms with van der Waals surface area (Å²) in [5.74, 6) is 1.08. The number of piperidine rings is 1. The zero-order chi connectivity index (χ0) is 17.6. The Hall–Kier alpha value is -1.69. The van der Waals surface area contributed by atoms with Gasteiger partial charge in [-0.15, -0.1) is 0 Å². The van der Waals surface area contributed by atoms with Gasteiger partial charge >= 0.3 is 0 Å². The number of nitrogens with one attached hydrogen (secondary N) is 2. The summed E-state index contributed by atoms with van der Waals surface area (Å²) in [6.07, 6.45) is 8.31. The van der Waals surface area contributed by atoms with Crippen LogP contribution < -0.4 is 10.6 Å². The molecule has 1 saturated heterocycles. The van der Waals surface area contributed by atoms with E-state index in [1.165, 1.54) is 26.2 Å². The second-order valence-corrected chi connectivity index (χ2v) is 7.56. The maximum absolute atomic E-state index is 12.5. The monoisotopic (exact) mass is 347 g/mol. The van der Waals surface area contributed by atoms with Gasteiger partial charge in [0.2, 0.25) is 11.7 Å². The van der Waals surface area contributed by atoms with Gasteiger partial charge in [0.05, 0.1) is 5.69 Å². The van der Waals surface area contributed by atoms with Crippen LogP contribution in [0.2, 0.25) is 0 Å². The van der Waals surface area contributed by atoms with Crippen molar-refractivity contribution < 1.29 is 14.1 Å². The Bertz CT molecular complexity index is 592. The van der Waals surface area contributed by atoms with Crippen LogP contribution in [0, 0.1) is 11.8 Å². The maximum Gasteiger partial charge on any atom is 0.220 e. The lowest BCUT2D eigenvalue weighted by Gasteiger charge is -2.32. The van der Waals surface area contributed by atoms with Crippen molar-refractivity contribution in [1.29, 1.82) is 0 Å². The van der Waals surface area contributed by atoms with E-state index in [4.69, 9.17) is 4.52 Å². The molecule has 6 nitrogen and oxygen atoms in total. The highest BCUT2D eigenvalue weighted by Gasteiger charge is 2.29. The Morgan fingerprint density at radius 1 is 1.24 bits per heavy atom. The number of hydrogen-bond acceptors (Lipinski definition) is 5. The molecule has 0 radical (unpaired) electrons. The largest absolute Gasteiger partial charge is 0.353 e. The minimum absolute atomic E-state index is 0.107. The van der Waals surface area contributed by atoms with E-state index in [9.17, 15) is 9.59 Å². The van der Waals surface area contributed by atoms with E-state index >= 15 is 0 Å². The van der Waals surface area contributed by atoms with Crippen molar-refractivity contribution in [3.05, 3.63) is 17.5 Å². The molecule has 6 heteroatoms. The van der Waals surface area contributed by atoms with E-state index in [1.807, 2.05) is 0 Å². The fourth-order valence-electron chi connectivity index (χ4n) is 4.10. The molecule has 3 rings (SSSR count). The topological polar surface area (TPSA) is 84.2 Å². The molecule has 2 atom stereocenters. The van der Waals surface area contributed by atoms with Crippen LogP contribution in [-0.2, 0) is 11.2 Å². The summed E-state index contributed by atoms with van der Waals surface area (Å²) in [4.78, 5) is 23.8. The molecule has 1 aromatic rings. The lowest BCUT2D eigenvalue weighted by atomic mass is 9.81. The summed E-state index contributed by atoms with van der Waals surface area (Å²) in [6, 6.07) is 2.10. The molecule has 2 aliphatic rings. The molecule has 1 aliphatic heterocycles. The molecule has 0 spiro atoms. The van der Waals surface area contributed by atoms with Crippen molar-refractivity contribution in [2.24, 2.45) is 11.8 Å². The van der Waals surface area contributed by atoms with E-state index in [0.29, 0.717) is 30.1 Å². The van der Waals surface area contributed by atoms with E-state index in [0.717, 1.165) is 44.5 Å². The van der Waals surface area contributed by atoms with Crippen LogP contribution in [-0.4, -0.2) is 36.0 Å². The lowest BCUT2D eigenvalue weighted by molar-refractivity contribution is -0.123. The number of nitrogens with zero attached hydrogens (tertiary/aromatic N) is 1. The third-order valence-electron chi connectivity index (χ3n) is 5.56. The second-order valence-electron chi connectivity index (χ2n) is 7.56. The third-order valence-corrected chi connectivity index (χ3v) is 5.56. The number of carbonyl (C=O) groups is 2. The summed E-state index contributed by atoms with van der Waals surface area (Å²) in [5, 5.41) is 10.7. The molecule has 2 fully saturated rings. The average Bonchev–Trinajstić information content (AvgIpc) is 3.06. The van der Waals surface area contributed by atoms with Gasteiger partial charge in [0.1, 0.15) is 0 Å². The Morgan fingerprint density at radius 2 is 2.04 bits per heavy atom. The Balaban J connectivity index is 1.54. The predicted octanol–water partition coefficient (Wildman–Crippen LogP) is 2.48. The van der Waals surface area contributed by atoms with Crippen LogP contribution in [0.1, 0.15) is 68.1 Å². The number of rotatable bonds is 6. The van der Waals surface area contributed by atoms with Crippen molar-refractivity contribution in [3.8, 4) is 0 Å². The van der Waals surface area contributed by atoms with Crippen molar-refractivity contribution in [2.45, 2.75) is 64.3 Å². The Labute approximate surface area is 149 Å². The Kier molecular flexibility index (Phi) is 6.24. The van der Waals surface area contributed by atoms with Gasteiger partial charge in [-0.2, -0.15) is 0 Å². The SMILES string of the molecule is CC(=O)c1cc(CC2CNCCC2CC(=O)NC2CCCCC2)no1. The number of Topliss-reactive ketones (excluding diaryl/α,β-unsaturated/α-hetero) is 1. The second kappa shape index (κ2) is 8.61. The molecule has 2 N–H and O–H groups in total. The van der Waals surface area contributed by atoms with Crippen molar-refractivity contribution in [1.82, 2.24) is 15.8 Å². The fraction of sp³-hybridized carbons (Fsp3) is 0.737. The van der Waals surface area contributed by atoms with E-state index < -0.39 is 0 Å². The molecular weight excluding hydrogens is 318 g/mol. The molecule has 25 heavy (non-hydrogen) atoms. The van der Waals surface area contributed by atoms with Crippen LogP contribution >= 0.6 is 0 Å². The number of hydrogen-bond donors (Lipinski definition) is 2. The van der Waals surface area contributed by atoms with Gasteiger partial charge in [0.25, 0.3) is 0 Å². The van der Waals surface area contributed by atoms with Crippen LogP contribution in [0.25, 0.3) is 0 Å². The third kappa shape index (κ3) is 5.14. The lowest BCUT2D eigenvalue weighted by Crippen LogP contribution is -2.42. The van der Waals surface area contributed by atoms with Gasteiger partial charge in [-0.3, -0.25) is 9.59 Å². The molecule has 1 aromatic heterocycles. The number of ketones is 1. The maximum atomic E-state index is 12.5. The molecule has 0 bridgehead atoms. The van der Waals surface area contributed by atoms with E-state index in [1.54, 1.807) is 6.07 Å². The van der Waals surface area contributed by atoms with Crippen LogP contribution in [0.3, 0.4) is 0 Å². The highest BCUT2D eigenvalue weighted by Crippen LogP contribution is 2.27. The normalized spacial score (nSPS) is 24.8. The van der Waals surface area contributed by atoms with Gasteiger partial charge in [0, 0.05) is 25.5 Å². The van der Waals surface area contributed by atoms with E-state index in [-0.39, 0.29) is 11.7 Å². The fourth-order valence-corrected chi connectivity index (χ4v) is 4.10. The number of aromatic nitrogens is 1. The van der Waals surface area contributed by atoms with Crippen LogP contribution in [0.15, 0.2) is 10.6 Å². The van der Waals surface area contributed by atoms with Crippen LogP contribution in [0.5, 0.6) is 0 Å².